The van der Waals surface area contributed by atoms with Gasteiger partial charge in [-0.25, -0.2) is 4.98 Å². The molecule has 0 aromatic carbocycles. The van der Waals surface area contributed by atoms with Gasteiger partial charge in [0.05, 0.1) is 0 Å². The Bertz CT molecular complexity index is 395. The summed E-state index contributed by atoms with van der Waals surface area (Å²) in [7, 11) is 0. The minimum atomic E-state index is 0.650. The van der Waals surface area contributed by atoms with Gasteiger partial charge < -0.3 is 0 Å². The standard InChI is InChI=1S/C9H18.C8H7N.C2H6/c1-8-5-4-6-9(2,3)7-8;1-3-8-5-4-7(2)6-9-8;1-2/h8H,4-7H2,1-3H3;1,4-6H,2H3;1-2H3. The lowest BCUT2D eigenvalue weighted by Gasteiger charge is -2.33. The largest absolute Gasteiger partial charge is 0.248 e. The molecule has 1 atom stereocenters. The van der Waals surface area contributed by atoms with E-state index in [1.807, 2.05) is 32.9 Å². The van der Waals surface area contributed by atoms with Gasteiger partial charge in [-0.05, 0) is 42.7 Å². The van der Waals surface area contributed by atoms with E-state index in [1.165, 1.54) is 25.7 Å². The number of terminal acetylenes is 1. The predicted molar refractivity (Wildman–Crippen MR) is 89.7 cm³/mol. The van der Waals surface area contributed by atoms with Crippen molar-refractivity contribution in [2.24, 2.45) is 11.3 Å². The lowest BCUT2D eigenvalue weighted by molar-refractivity contribution is 0.191. The molecule has 1 unspecified atom stereocenters. The van der Waals surface area contributed by atoms with Crippen LogP contribution in [-0.4, -0.2) is 4.98 Å². The van der Waals surface area contributed by atoms with Crippen molar-refractivity contribution in [3.8, 4) is 12.3 Å². The fourth-order valence-electron chi connectivity index (χ4n) is 2.63. The zero-order valence-electron chi connectivity index (χ0n) is 14.2. The van der Waals surface area contributed by atoms with Crippen LogP contribution in [0.3, 0.4) is 0 Å². The molecule has 1 aliphatic rings. The average molecular weight is 273 g/mol. The Kier molecular flexibility index (Phi) is 8.97. The van der Waals surface area contributed by atoms with E-state index in [-0.39, 0.29) is 0 Å². The third-order valence-electron chi connectivity index (χ3n) is 3.51. The highest BCUT2D eigenvalue weighted by Crippen LogP contribution is 2.37. The number of aromatic nitrogens is 1. The van der Waals surface area contributed by atoms with Crippen LogP contribution >= 0.6 is 0 Å². The summed E-state index contributed by atoms with van der Waals surface area (Å²) in [4.78, 5) is 3.96. The van der Waals surface area contributed by atoms with Gasteiger partial charge >= 0.3 is 0 Å². The molecule has 2 rings (SSSR count). The molecule has 1 heterocycles. The molecule has 112 valence electrons. The number of aryl methyl sites for hydroxylation is 1. The molecule has 1 fully saturated rings. The van der Waals surface area contributed by atoms with Crippen LogP contribution in [0.25, 0.3) is 0 Å². The molecule has 0 amide bonds. The molecular formula is C19H31N. The number of pyridine rings is 1. The third-order valence-corrected chi connectivity index (χ3v) is 3.51. The molecule has 0 bridgehead atoms. The van der Waals surface area contributed by atoms with Gasteiger partial charge in [0, 0.05) is 6.20 Å². The molecule has 1 saturated carbocycles. The molecule has 0 saturated heterocycles. The van der Waals surface area contributed by atoms with Crippen LogP contribution in [0.4, 0.5) is 0 Å². The van der Waals surface area contributed by atoms with Crippen LogP contribution in [0, 0.1) is 30.6 Å². The second kappa shape index (κ2) is 9.59. The van der Waals surface area contributed by atoms with Crippen molar-refractivity contribution in [1.29, 1.82) is 0 Å². The highest BCUT2D eigenvalue weighted by molar-refractivity contribution is 5.25. The second-order valence-electron chi connectivity index (χ2n) is 6.23. The quantitative estimate of drug-likeness (QED) is 0.559. The minimum absolute atomic E-state index is 0.650. The lowest BCUT2D eigenvalue weighted by Crippen LogP contribution is -2.20. The van der Waals surface area contributed by atoms with Gasteiger partial charge in [0.15, 0.2) is 0 Å². The zero-order chi connectivity index (χ0) is 15.6. The molecule has 1 aromatic rings. The number of hydrogen-bond donors (Lipinski definition) is 0. The Hall–Kier alpha value is -1.29. The van der Waals surface area contributed by atoms with Crippen LogP contribution in [0.5, 0.6) is 0 Å². The molecule has 1 aliphatic carbocycles. The molecule has 20 heavy (non-hydrogen) atoms. The maximum absolute atomic E-state index is 5.09. The summed E-state index contributed by atoms with van der Waals surface area (Å²) in [5.74, 6) is 3.42. The van der Waals surface area contributed by atoms with Gasteiger partial charge in [-0.1, -0.05) is 59.4 Å². The molecule has 0 radical (unpaired) electrons. The van der Waals surface area contributed by atoms with Crippen LogP contribution in [0.15, 0.2) is 18.3 Å². The molecule has 1 heteroatoms. The first kappa shape index (κ1) is 18.7. The Morgan fingerprint density at radius 1 is 1.30 bits per heavy atom. The van der Waals surface area contributed by atoms with Crippen LogP contribution in [-0.2, 0) is 0 Å². The van der Waals surface area contributed by atoms with Gasteiger partial charge in [0.2, 0.25) is 0 Å². The van der Waals surface area contributed by atoms with E-state index in [2.05, 4.69) is 31.7 Å². The van der Waals surface area contributed by atoms with Crippen molar-refractivity contribution in [2.45, 2.75) is 67.2 Å². The van der Waals surface area contributed by atoms with Crippen LogP contribution in [0.1, 0.15) is 71.6 Å². The zero-order valence-corrected chi connectivity index (χ0v) is 14.2. The van der Waals surface area contributed by atoms with Crippen molar-refractivity contribution in [1.82, 2.24) is 4.98 Å². The maximum atomic E-state index is 5.09. The molecule has 0 N–H and O–H groups in total. The van der Waals surface area contributed by atoms with Crippen molar-refractivity contribution in [3.63, 3.8) is 0 Å². The first-order chi connectivity index (χ1) is 9.43. The second-order valence-corrected chi connectivity index (χ2v) is 6.23. The fourth-order valence-corrected chi connectivity index (χ4v) is 2.63. The van der Waals surface area contributed by atoms with Gasteiger partial charge in [0.1, 0.15) is 5.69 Å². The van der Waals surface area contributed by atoms with Crippen molar-refractivity contribution >= 4 is 0 Å². The first-order valence-corrected chi connectivity index (χ1v) is 7.82. The summed E-state index contributed by atoms with van der Waals surface area (Å²) < 4.78 is 0. The van der Waals surface area contributed by atoms with E-state index in [4.69, 9.17) is 6.42 Å². The van der Waals surface area contributed by atoms with E-state index >= 15 is 0 Å². The van der Waals surface area contributed by atoms with Crippen LogP contribution in [0.2, 0.25) is 0 Å². The van der Waals surface area contributed by atoms with Crippen LogP contribution < -0.4 is 0 Å². The number of nitrogens with zero attached hydrogens (tertiary/aromatic N) is 1. The normalized spacial score (nSPS) is 19.6. The highest BCUT2D eigenvalue weighted by Gasteiger charge is 2.24. The highest BCUT2D eigenvalue weighted by atomic mass is 14.7. The van der Waals surface area contributed by atoms with E-state index < -0.39 is 0 Å². The third kappa shape index (κ3) is 8.00. The van der Waals surface area contributed by atoms with E-state index in [9.17, 15) is 0 Å². The van der Waals surface area contributed by atoms with Crippen molar-refractivity contribution in [3.05, 3.63) is 29.6 Å². The topological polar surface area (TPSA) is 12.9 Å². The smallest absolute Gasteiger partial charge is 0.112 e. The maximum Gasteiger partial charge on any atom is 0.112 e. The van der Waals surface area contributed by atoms with Gasteiger partial charge in [0.25, 0.3) is 0 Å². The van der Waals surface area contributed by atoms with Crippen molar-refractivity contribution < 1.29 is 0 Å². The summed E-state index contributed by atoms with van der Waals surface area (Å²) in [6.45, 7) is 13.1. The molecule has 0 spiro atoms. The minimum Gasteiger partial charge on any atom is -0.248 e. The average Bonchev–Trinajstić information content (AvgIpc) is 2.41. The summed E-state index contributed by atoms with van der Waals surface area (Å²) in [6.07, 6.45) is 12.6. The summed E-state index contributed by atoms with van der Waals surface area (Å²) >= 11 is 0. The molecule has 1 aromatic heterocycles. The van der Waals surface area contributed by atoms with E-state index in [0.29, 0.717) is 11.1 Å². The lowest BCUT2D eigenvalue weighted by atomic mass is 9.73. The van der Waals surface area contributed by atoms with Gasteiger partial charge in [-0.3, -0.25) is 0 Å². The SMILES string of the molecule is C#Cc1ccc(C)cn1.CC.CC1CCCC(C)(C)C1. The van der Waals surface area contributed by atoms with Gasteiger partial charge in [-0.2, -0.15) is 0 Å². The Balaban J connectivity index is 0.000000321. The molecular weight excluding hydrogens is 242 g/mol. The predicted octanol–water partition coefficient (Wildman–Crippen LogP) is 5.62. The fraction of sp³-hybridized carbons (Fsp3) is 0.632. The Morgan fingerprint density at radius 2 is 1.95 bits per heavy atom. The summed E-state index contributed by atoms with van der Waals surface area (Å²) in [5, 5.41) is 0. The number of rotatable bonds is 0. The van der Waals surface area contributed by atoms with Gasteiger partial charge in [-0.15, -0.1) is 6.42 Å². The Morgan fingerprint density at radius 3 is 2.30 bits per heavy atom. The molecule has 0 aliphatic heterocycles. The van der Waals surface area contributed by atoms with Crippen molar-refractivity contribution in [2.75, 3.05) is 0 Å². The molecule has 1 nitrogen and oxygen atoms in total. The monoisotopic (exact) mass is 273 g/mol. The summed E-state index contributed by atoms with van der Waals surface area (Å²) in [5.41, 5.74) is 2.48. The van der Waals surface area contributed by atoms with E-state index in [1.54, 1.807) is 6.20 Å². The summed E-state index contributed by atoms with van der Waals surface area (Å²) in [6, 6.07) is 3.78. The number of hydrogen-bond acceptors (Lipinski definition) is 1. The first-order valence-electron chi connectivity index (χ1n) is 7.82. The Labute approximate surface area is 126 Å². The van der Waals surface area contributed by atoms with E-state index in [0.717, 1.165) is 11.5 Å².